The average molecular weight is 296 g/mol. The third-order valence-electron chi connectivity index (χ3n) is 3.99. The normalized spacial score (nSPS) is 38.5. The molecule has 3 saturated heterocycles. The number of fused-ring (bicyclic) bond motifs is 1. The Kier molecular flexibility index (Phi) is 3.11. The highest BCUT2D eigenvalue weighted by Gasteiger charge is 2.49. The van der Waals surface area contributed by atoms with E-state index >= 15 is 0 Å². The maximum atomic E-state index is 12.2. The number of ether oxygens (including phenoxy) is 5. The lowest BCUT2D eigenvalue weighted by Crippen LogP contribution is -2.35. The minimum Gasteiger partial charge on any atom is -0.483 e. The molecule has 4 aliphatic rings. The lowest BCUT2D eigenvalue weighted by atomic mass is 9.84. The molecule has 0 aromatic carbocycles. The predicted octanol–water partition coefficient (Wildman–Crippen LogP) is -0.211. The molecule has 3 aliphatic heterocycles. The van der Waals surface area contributed by atoms with Crippen LogP contribution in [0.5, 0.6) is 0 Å². The summed E-state index contributed by atoms with van der Waals surface area (Å²) in [6, 6.07) is 0. The Morgan fingerprint density at radius 3 is 2.33 bits per heavy atom. The van der Waals surface area contributed by atoms with E-state index in [-0.39, 0.29) is 37.5 Å². The van der Waals surface area contributed by atoms with E-state index in [1.54, 1.807) is 6.08 Å². The first-order chi connectivity index (χ1) is 10.2. The van der Waals surface area contributed by atoms with Crippen LogP contribution in [0.2, 0.25) is 0 Å². The van der Waals surface area contributed by atoms with E-state index in [1.807, 2.05) is 0 Å². The minimum absolute atomic E-state index is 0.00698. The fourth-order valence-electron chi connectivity index (χ4n) is 2.47. The van der Waals surface area contributed by atoms with Crippen molar-refractivity contribution in [1.82, 2.24) is 0 Å². The number of rotatable bonds is 6. The highest BCUT2D eigenvalue weighted by Crippen LogP contribution is 2.42. The van der Waals surface area contributed by atoms with Gasteiger partial charge in [0.15, 0.2) is 6.10 Å². The highest BCUT2D eigenvalue weighted by molar-refractivity contribution is 5.84. The van der Waals surface area contributed by atoms with E-state index in [1.165, 1.54) is 0 Å². The van der Waals surface area contributed by atoms with Crippen molar-refractivity contribution in [2.75, 3.05) is 26.4 Å². The molecular formula is C14H16O7. The second kappa shape index (κ2) is 4.99. The molecule has 0 spiro atoms. The number of epoxide rings is 3. The molecule has 5 atom stereocenters. The lowest BCUT2D eigenvalue weighted by Gasteiger charge is -2.22. The Bertz CT molecular complexity index is 492. The second-order valence-electron chi connectivity index (χ2n) is 5.71. The van der Waals surface area contributed by atoms with Crippen LogP contribution in [-0.4, -0.2) is 56.7 Å². The van der Waals surface area contributed by atoms with E-state index in [9.17, 15) is 9.59 Å². The van der Waals surface area contributed by atoms with E-state index in [4.69, 9.17) is 23.7 Å². The van der Waals surface area contributed by atoms with Crippen LogP contribution in [0.1, 0.15) is 6.42 Å². The monoisotopic (exact) mass is 296 g/mol. The maximum Gasteiger partial charge on any atom is 0.313 e. The fourth-order valence-corrected chi connectivity index (χ4v) is 2.47. The third-order valence-corrected chi connectivity index (χ3v) is 3.99. The first-order valence-corrected chi connectivity index (χ1v) is 7.15. The van der Waals surface area contributed by atoms with Gasteiger partial charge in [0.05, 0.1) is 25.0 Å². The Morgan fingerprint density at radius 1 is 1.10 bits per heavy atom. The van der Waals surface area contributed by atoms with Gasteiger partial charge in [-0.3, -0.25) is 9.59 Å². The lowest BCUT2D eigenvalue weighted by molar-refractivity contribution is -0.160. The summed E-state index contributed by atoms with van der Waals surface area (Å²) in [6.45, 7) is 1.73. The quantitative estimate of drug-likeness (QED) is 0.495. The third kappa shape index (κ3) is 3.03. The van der Waals surface area contributed by atoms with Gasteiger partial charge in [0.25, 0.3) is 0 Å². The Balaban J connectivity index is 1.38. The van der Waals surface area contributed by atoms with Crippen molar-refractivity contribution >= 4 is 11.9 Å². The molecule has 4 rings (SSSR count). The SMILES string of the molecule is O=C(OC[C@@H]1CO1)[C@@H]1C=C2O[C@@H]2C[C@H]1C(=O)OC[C@@H]1CO1. The summed E-state index contributed by atoms with van der Waals surface area (Å²) < 4.78 is 25.7. The molecule has 7 heteroatoms. The van der Waals surface area contributed by atoms with Crippen molar-refractivity contribution < 1.29 is 33.3 Å². The summed E-state index contributed by atoms with van der Waals surface area (Å²) >= 11 is 0. The van der Waals surface area contributed by atoms with Crippen LogP contribution >= 0.6 is 0 Å². The predicted molar refractivity (Wildman–Crippen MR) is 66.0 cm³/mol. The van der Waals surface area contributed by atoms with E-state index < -0.39 is 17.8 Å². The molecule has 3 heterocycles. The van der Waals surface area contributed by atoms with Crippen molar-refractivity contribution in [3.05, 3.63) is 11.8 Å². The molecule has 0 aromatic heterocycles. The van der Waals surface area contributed by atoms with Crippen molar-refractivity contribution in [2.24, 2.45) is 11.8 Å². The smallest absolute Gasteiger partial charge is 0.313 e. The van der Waals surface area contributed by atoms with Gasteiger partial charge in [0.1, 0.15) is 31.2 Å². The molecule has 0 unspecified atom stereocenters. The summed E-state index contributed by atoms with van der Waals surface area (Å²) in [5, 5.41) is 0. The zero-order valence-electron chi connectivity index (χ0n) is 11.4. The second-order valence-corrected chi connectivity index (χ2v) is 5.71. The van der Waals surface area contributed by atoms with Crippen LogP contribution in [0.25, 0.3) is 0 Å². The molecule has 0 radical (unpaired) electrons. The molecule has 0 saturated carbocycles. The van der Waals surface area contributed by atoms with Crippen LogP contribution in [0.3, 0.4) is 0 Å². The first kappa shape index (κ1) is 13.1. The number of hydrogen-bond donors (Lipinski definition) is 0. The summed E-state index contributed by atoms with van der Waals surface area (Å²) in [4.78, 5) is 24.3. The average Bonchev–Trinajstić information content (AvgIpc) is 3.37. The molecular weight excluding hydrogens is 280 g/mol. The summed E-state index contributed by atoms with van der Waals surface area (Å²) in [6.07, 6.45) is 2.13. The van der Waals surface area contributed by atoms with Gasteiger partial charge in [-0.2, -0.15) is 0 Å². The maximum absolute atomic E-state index is 12.2. The Labute approximate surface area is 121 Å². The van der Waals surface area contributed by atoms with Crippen molar-refractivity contribution in [3.8, 4) is 0 Å². The zero-order chi connectivity index (χ0) is 14.4. The Hall–Kier alpha value is -1.60. The van der Waals surface area contributed by atoms with Gasteiger partial charge in [-0.15, -0.1) is 0 Å². The molecule has 1 aliphatic carbocycles. The molecule has 0 aromatic rings. The minimum atomic E-state index is -0.634. The van der Waals surface area contributed by atoms with E-state index in [0.29, 0.717) is 19.6 Å². The molecule has 0 bridgehead atoms. The molecule has 0 N–H and O–H groups in total. The summed E-state index contributed by atoms with van der Waals surface area (Å²) in [7, 11) is 0. The molecule has 7 nitrogen and oxygen atoms in total. The van der Waals surface area contributed by atoms with Crippen LogP contribution in [-0.2, 0) is 33.3 Å². The summed E-state index contributed by atoms with van der Waals surface area (Å²) in [5.41, 5.74) is 0. The number of carbonyl (C=O) groups excluding carboxylic acids is 2. The molecule has 3 fully saturated rings. The highest BCUT2D eigenvalue weighted by atomic mass is 16.6. The summed E-state index contributed by atoms with van der Waals surface area (Å²) in [5.74, 6) is -1.22. The molecule has 21 heavy (non-hydrogen) atoms. The largest absolute Gasteiger partial charge is 0.483 e. The van der Waals surface area contributed by atoms with Crippen LogP contribution < -0.4 is 0 Å². The van der Waals surface area contributed by atoms with Gasteiger partial charge in [0.2, 0.25) is 0 Å². The molecule has 114 valence electrons. The topological polar surface area (TPSA) is 90.2 Å². The fraction of sp³-hybridized carbons (Fsp3) is 0.714. The van der Waals surface area contributed by atoms with E-state index in [2.05, 4.69) is 0 Å². The van der Waals surface area contributed by atoms with Crippen molar-refractivity contribution in [3.63, 3.8) is 0 Å². The van der Waals surface area contributed by atoms with E-state index in [0.717, 1.165) is 5.76 Å². The number of esters is 2. The number of hydrogen-bond acceptors (Lipinski definition) is 7. The van der Waals surface area contributed by atoms with Gasteiger partial charge >= 0.3 is 11.9 Å². The van der Waals surface area contributed by atoms with Gasteiger partial charge in [-0.1, -0.05) is 0 Å². The van der Waals surface area contributed by atoms with Gasteiger partial charge in [0, 0.05) is 6.42 Å². The van der Waals surface area contributed by atoms with Gasteiger partial charge in [-0.25, -0.2) is 0 Å². The van der Waals surface area contributed by atoms with Crippen LogP contribution in [0.15, 0.2) is 11.8 Å². The molecule has 0 amide bonds. The van der Waals surface area contributed by atoms with Crippen LogP contribution in [0.4, 0.5) is 0 Å². The van der Waals surface area contributed by atoms with Crippen molar-refractivity contribution in [2.45, 2.75) is 24.7 Å². The zero-order valence-corrected chi connectivity index (χ0v) is 11.4. The Morgan fingerprint density at radius 2 is 1.71 bits per heavy atom. The number of carbonyl (C=O) groups is 2. The standard InChI is InChI=1S/C14H16O7/c15-13(19-5-7-3-17-7)9-1-11-12(21-11)2-10(9)14(16)20-6-8-4-18-8/h1,7-10,12H,2-6H2/t7-,8-,9+,10+,12+/m0/s1. The first-order valence-electron chi connectivity index (χ1n) is 7.15. The van der Waals surface area contributed by atoms with Crippen molar-refractivity contribution in [1.29, 1.82) is 0 Å². The van der Waals surface area contributed by atoms with Gasteiger partial charge in [-0.05, 0) is 6.08 Å². The van der Waals surface area contributed by atoms with Crippen LogP contribution in [0, 0.1) is 11.8 Å². The van der Waals surface area contributed by atoms with Gasteiger partial charge < -0.3 is 23.7 Å².